The van der Waals surface area contributed by atoms with Gasteiger partial charge in [-0.1, -0.05) is 12.5 Å². The number of hydrogen-bond acceptors (Lipinski definition) is 7. The minimum Gasteiger partial charge on any atom is -0.491 e. The highest BCUT2D eigenvalue weighted by Gasteiger charge is 2.35. The number of anilines is 1. The summed E-state index contributed by atoms with van der Waals surface area (Å²) in [6.45, 7) is 1.18. The average molecular weight is 394 g/mol. The standard InChI is InChI=1S/C18H26N4O4S/c19-17-16-14(20-27(24,25)21-17)8-4-9-15(16)26-11-13-7-1-2-10-22(13)18(23)12-5-3-6-12/h4,8-9,12-13,20,24-25H,1-3,5-7,10-11H2,(H2,19,21). The Hall–Kier alpha value is -1.97. The third-order valence-electron chi connectivity index (χ3n) is 5.55. The molecular weight excluding hydrogens is 368 g/mol. The molecule has 0 aromatic heterocycles. The number of carbonyl (C=O) groups is 1. The van der Waals surface area contributed by atoms with E-state index < -0.39 is 11.0 Å². The Labute approximate surface area is 160 Å². The minimum atomic E-state index is -3.32. The predicted octanol–water partition coefficient (Wildman–Crippen LogP) is 2.96. The first kappa shape index (κ1) is 18.4. The van der Waals surface area contributed by atoms with Crippen LogP contribution in [0.15, 0.2) is 22.6 Å². The molecule has 0 radical (unpaired) electrons. The van der Waals surface area contributed by atoms with Crippen LogP contribution < -0.4 is 15.2 Å². The molecule has 8 nitrogen and oxygen atoms in total. The van der Waals surface area contributed by atoms with Crippen molar-refractivity contribution in [2.24, 2.45) is 16.0 Å². The molecule has 1 aromatic carbocycles. The van der Waals surface area contributed by atoms with E-state index in [-0.39, 0.29) is 23.7 Å². The summed E-state index contributed by atoms with van der Waals surface area (Å²) in [6.07, 6.45) is 6.20. The van der Waals surface area contributed by atoms with Crippen LogP contribution in [-0.2, 0) is 4.79 Å². The van der Waals surface area contributed by atoms with Gasteiger partial charge in [0.1, 0.15) is 12.4 Å². The average Bonchev–Trinajstić information content (AvgIpc) is 2.57. The highest BCUT2D eigenvalue weighted by molar-refractivity contribution is 8.24. The summed E-state index contributed by atoms with van der Waals surface area (Å²) in [5, 5.41) is 0. The van der Waals surface area contributed by atoms with Crippen molar-refractivity contribution in [1.29, 1.82) is 0 Å². The number of piperidine rings is 1. The number of ether oxygens (including phenoxy) is 1. The Kier molecular flexibility index (Phi) is 4.92. The van der Waals surface area contributed by atoms with Crippen molar-refractivity contribution in [3.63, 3.8) is 0 Å². The van der Waals surface area contributed by atoms with Gasteiger partial charge in [0, 0.05) is 12.5 Å². The van der Waals surface area contributed by atoms with E-state index in [0.717, 1.165) is 45.1 Å². The van der Waals surface area contributed by atoms with Gasteiger partial charge < -0.3 is 15.4 Å². The van der Waals surface area contributed by atoms with Crippen LogP contribution in [0.25, 0.3) is 0 Å². The molecule has 4 rings (SSSR count). The van der Waals surface area contributed by atoms with E-state index in [9.17, 15) is 13.9 Å². The van der Waals surface area contributed by atoms with Gasteiger partial charge >= 0.3 is 0 Å². The van der Waals surface area contributed by atoms with Crippen LogP contribution in [0.3, 0.4) is 0 Å². The van der Waals surface area contributed by atoms with E-state index in [2.05, 4.69) is 9.12 Å². The SMILES string of the molecule is NC1=NS(O)(O)Nc2cccc(OCC3CCCCN3C(=O)C3CCC3)c21. The zero-order valence-electron chi connectivity index (χ0n) is 15.1. The summed E-state index contributed by atoms with van der Waals surface area (Å²) < 4.78 is 31.9. The second-order valence-corrected chi connectivity index (χ2v) is 8.82. The summed E-state index contributed by atoms with van der Waals surface area (Å²) in [5.74, 6) is 1.01. The molecule has 1 saturated carbocycles. The predicted molar refractivity (Wildman–Crippen MR) is 106 cm³/mol. The minimum absolute atomic E-state index is 0.0328. The van der Waals surface area contributed by atoms with Crippen LogP contribution in [0.5, 0.6) is 5.75 Å². The number of fused-ring (bicyclic) bond motifs is 1. The number of benzene rings is 1. The topological polar surface area (TPSA) is 120 Å². The van der Waals surface area contributed by atoms with Gasteiger partial charge in [-0.05, 0) is 55.2 Å². The third kappa shape index (κ3) is 3.71. The van der Waals surface area contributed by atoms with E-state index in [4.69, 9.17) is 10.5 Å². The molecule has 9 heteroatoms. The number of carbonyl (C=O) groups excluding carboxylic acids is 1. The number of hydrogen-bond donors (Lipinski definition) is 4. The Morgan fingerprint density at radius 3 is 2.85 bits per heavy atom. The molecule has 1 aromatic rings. The van der Waals surface area contributed by atoms with Gasteiger partial charge in [0.05, 0.1) is 17.3 Å². The second-order valence-electron chi connectivity index (χ2n) is 7.40. The van der Waals surface area contributed by atoms with Crippen molar-refractivity contribution in [2.45, 2.75) is 44.6 Å². The van der Waals surface area contributed by atoms with E-state index in [1.165, 1.54) is 0 Å². The maximum atomic E-state index is 12.7. The molecular formula is C18H26N4O4S. The Bertz CT molecular complexity index is 766. The molecule has 27 heavy (non-hydrogen) atoms. The van der Waals surface area contributed by atoms with Gasteiger partial charge in [0.2, 0.25) is 5.91 Å². The van der Waals surface area contributed by atoms with E-state index in [1.807, 2.05) is 4.90 Å². The van der Waals surface area contributed by atoms with E-state index in [0.29, 0.717) is 23.6 Å². The maximum absolute atomic E-state index is 12.7. The fraction of sp³-hybridized carbons (Fsp3) is 0.556. The van der Waals surface area contributed by atoms with Crippen LogP contribution in [0.1, 0.15) is 44.1 Å². The van der Waals surface area contributed by atoms with Crippen molar-refractivity contribution >= 4 is 28.4 Å². The van der Waals surface area contributed by atoms with Crippen molar-refractivity contribution < 1.29 is 18.6 Å². The molecule has 5 N–H and O–H groups in total. The Balaban J connectivity index is 1.49. The summed E-state index contributed by atoms with van der Waals surface area (Å²) in [4.78, 5) is 14.7. The first-order valence-electron chi connectivity index (χ1n) is 9.42. The zero-order valence-corrected chi connectivity index (χ0v) is 16.0. The van der Waals surface area contributed by atoms with Gasteiger partial charge in [0.25, 0.3) is 0 Å². The van der Waals surface area contributed by atoms with Crippen LogP contribution >= 0.6 is 11.0 Å². The Morgan fingerprint density at radius 2 is 2.11 bits per heavy atom. The molecule has 3 aliphatic rings. The number of likely N-dealkylation sites (tertiary alicyclic amines) is 1. The lowest BCUT2D eigenvalue weighted by molar-refractivity contribution is -0.142. The molecule has 2 fully saturated rings. The molecule has 2 heterocycles. The monoisotopic (exact) mass is 394 g/mol. The molecule has 1 amide bonds. The number of amides is 1. The maximum Gasteiger partial charge on any atom is 0.226 e. The number of rotatable bonds is 4. The second kappa shape index (κ2) is 7.21. The first-order chi connectivity index (χ1) is 12.9. The molecule has 1 atom stereocenters. The van der Waals surface area contributed by atoms with Crippen LogP contribution in [0, 0.1) is 5.92 Å². The number of nitrogens with one attached hydrogen (secondary N) is 1. The van der Waals surface area contributed by atoms with Crippen molar-refractivity contribution in [1.82, 2.24) is 4.90 Å². The van der Waals surface area contributed by atoms with Crippen molar-refractivity contribution in [2.75, 3.05) is 17.9 Å². The first-order valence-corrected chi connectivity index (χ1v) is 10.9. The fourth-order valence-corrected chi connectivity index (χ4v) is 4.77. The van der Waals surface area contributed by atoms with Crippen molar-refractivity contribution in [3.05, 3.63) is 23.8 Å². The molecule has 0 spiro atoms. The molecule has 1 saturated heterocycles. The van der Waals surface area contributed by atoms with Gasteiger partial charge in [-0.3, -0.25) is 18.6 Å². The Morgan fingerprint density at radius 1 is 1.30 bits per heavy atom. The van der Waals surface area contributed by atoms with Gasteiger partial charge in [0.15, 0.2) is 5.84 Å². The van der Waals surface area contributed by atoms with Crippen LogP contribution in [-0.4, -0.2) is 44.9 Å². The van der Waals surface area contributed by atoms with E-state index in [1.54, 1.807) is 18.2 Å². The lowest BCUT2D eigenvalue weighted by Crippen LogP contribution is -2.50. The molecule has 1 unspecified atom stereocenters. The van der Waals surface area contributed by atoms with Crippen molar-refractivity contribution in [3.8, 4) is 5.75 Å². The largest absolute Gasteiger partial charge is 0.491 e. The van der Waals surface area contributed by atoms with Gasteiger partial charge in [-0.15, -0.1) is 4.40 Å². The highest BCUT2D eigenvalue weighted by atomic mass is 32.3. The molecule has 0 bridgehead atoms. The zero-order chi connectivity index (χ0) is 19.0. The quantitative estimate of drug-likeness (QED) is 0.623. The lowest BCUT2D eigenvalue weighted by Gasteiger charge is -2.40. The third-order valence-corrected chi connectivity index (χ3v) is 6.50. The summed E-state index contributed by atoms with van der Waals surface area (Å²) in [7, 11) is -3.32. The van der Waals surface area contributed by atoms with Gasteiger partial charge in [-0.2, -0.15) is 0 Å². The highest BCUT2D eigenvalue weighted by Crippen LogP contribution is 2.46. The number of nitrogens with two attached hydrogens (primary N) is 1. The molecule has 148 valence electrons. The molecule has 1 aliphatic carbocycles. The summed E-state index contributed by atoms with van der Waals surface area (Å²) in [5.41, 5.74) is 6.94. The molecule has 2 aliphatic heterocycles. The van der Waals surface area contributed by atoms with Crippen LogP contribution in [0.4, 0.5) is 5.69 Å². The summed E-state index contributed by atoms with van der Waals surface area (Å²) >= 11 is 0. The normalized spacial score (nSPS) is 25.5. The van der Waals surface area contributed by atoms with Gasteiger partial charge in [-0.25, -0.2) is 0 Å². The summed E-state index contributed by atoms with van der Waals surface area (Å²) in [6, 6.07) is 5.29. The van der Waals surface area contributed by atoms with E-state index >= 15 is 0 Å². The number of amidine groups is 1. The van der Waals surface area contributed by atoms with Crippen LogP contribution in [0.2, 0.25) is 0 Å². The fourth-order valence-electron chi connectivity index (χ4n) is 3.89. The smallest absolute Gasteiger partial charge is 0.226 e. The number of nitrogens with zero attached hydrogens (tertiary/aromatic N) is 2. The lowest BCUT2D eigenvalue weighted by atomic mass is 9.83.